The number of hydrogen-bond donors (Lipinski definition) is 1. The topological polar surface area (TPSA) is 40.5 Å². The molecule has 0 amide bonds. The maximum Gasteiger partial charge on any atom is 0.324 e. The summed E-state index contributed by atoms with van der Waals surface area (Å²) >= 11 is 0. The van der Waals surface area contributed by atoms with Gasteiger partial charge in [0.1, 0.15) is 5.54 Å². The number of nitrogens with zero attached hydrogens (tertiary/aromatic N) is 1. The molecule has 0 aromatic rings. The van der Waals surface area contributed by atoms with E-state index < -0.39 is 11.5 Å². The third kappa shape index (κ3) is 2.65. The van der Waals surface area contributed by atoms with Crippen LogP contribution >= 0.6 is 0 Å². The van der Waals surface area contributed by atoms with E-state index in [1.54, 1.807) is 0 Å². The largest absolute Gasteiger partial charge is 0.480 e. The number of rotatable bonds is 6. The van der Waals surface area contributed by atoms with E-state index in [0.717, 1.165) is 38.6 Å². The quantitative estimate of drug-likeness (QED) is 0.776. The van der Waals surface area contributed by atoms with E-state index in [1.807, 2.05) is 0 Å². The van der Waals surface area contributed by atoms with Gasteiger partial charge in [0.2, 0.25) is 0 Å². The molecule has 1 N–H and O–H groups in total. The maximum atomic E-state index is 11.7. The smallest absolute Gasteiger partial charge is 0.324 e. The molecule has 1 aliphatic heterocycles. The third-order valence-corrected chi connectivity index (χ3v) is 4.19. The minimum absolute atomic E-state index is 0.403. The molecular weight excluding hydrogens is 214 g/mol. The second-order valence-corrected chi connectivity index (χ2v) is 5.60. The molecule has 3 nitrogen and oxygen atoms in total. The molecule has 0 spiro atoms. The van der Waals surface area contributed by atoms with Gasteiger partial charge in [0.15, 0.2) is 0 Å². The van der Waals surface area contributed by atoms with Crippen LogP contribution in [0.2, 0.25) is 0 Å². The zero-order valence-electron chi connectivity index (χ0n) is 11.7. The Balaban J connectivity index is 2.99. The highest BCUT2D eigenvalue weighted by Gasteiger charge is 2.49. The van der Waals surface area contributed by atoms with Crippen molar-refractivity contribution in [3.05, 3.63) is 0 Å². The highest BCUT2D eigenvalue weighted by Crippen LogP contribution is 2.38. The Morgan fingerprint density at radius 2 is 2.06 bits per heavy atom. The fourth-order valence-electron chi connectivity index (χ4n) is 3.45. The van der Waals surface area contributed by atoms with E-state index in [0.29, 0.717) is 12.0 Å². The summed E-state index contributed by atoms with van der Waals surface area (Å²) in [5.41, 5.74) is -0.584. The monoisotopic (exact) mass is 241 g/mol. The van der Waals surface area contributed by atoms with E-state index in [1.165, 1.54) is 0 Å². The molecule has 2 atom stereocenters. The minimum Gasteiger partial charge on any atom is -0.480 e. The predicted molar refractivity (Wildman–Crippen MR) is 70.1 cm³/mol. The van der Waals surface area contributed by atoms with Crippen molar-refractivity contribution in [2.45, 2.75) is 71.4 Å². The molecule has 100 valence electrons. The molecule has 0 aromatic carbocycles. The first-order chi connectivity index (χ1) is 7.99. The molecule has 1 aliphatic rings. The Labute approximate surface area is 105 Å². The zero-order valence-corrected chi connectivity index (χ0v) is 11.7. The number of hydrogen-bond acceptors (Lipinski definition) is 2. The third-order valence-electron chi connectivity index (χ3n) is 4.19. The summed E-state index contributed by atoms with van der Waals surface area (Å²) in [7, 11) is 0. The van der Waals surface area contributed by atoms with E-state index in [4.69, 9.17) is 0 Å². The molecule has 2 unspecified atom stereocenters. The van der Waals surface area contributed by atoms with Crippen molar-refractivity contribution >= 4 is 5.97 Å². The lowest BCUT2D eigenvalue weighted by Crippen LogP contribution is -2.55. The van der Waals surface area contributed by atoms with Gasteiger partial charge in [-0.25, -0.2) is 0 Å². The van der Waals surface area contributed by atoms with Gasteiger partial charge in [0.05, 0.1) is 0 Å². The second kappa shape index (κ2) is 5.85. The Morgan fingerprint density at radius 1 is 1.41 bits per heavy atom. The van der Waals surface area contributed by atoms with E-state index >= 15 is 0 Å². The molecule has 0 aromatic heterocycles. The van der Waals surface area contributed by atoms with Crippen molar-refractivity contribution in [1.29, 1.82) is 0 Å². The molecule has 1 fully saturated rings. The summed E-state index contributed by atoms with van der Waals surface area (Å²) in [4.78, 5) is 14.0. The predicted octanol–water partition coefficient (Wildman–Crippen LogP) is 3.14. The Hall–Kier alpha value is -0.570. The number of carboxylic acid groups (broad SMARTS) is 1. The Morgan fingerprint density at radius 3 is 2.47 bits per heavy atom. The molecule has 0 saturated carbocycles. The molecule has 0 radical (unpaired) electrons. The maximum absolute atomic E-state index is 11.7. The summed E-state index contributed by atoms with van der Waals surface area (Å²) in [5.74, 6) is -0.0929. The van der Waals surface area contributed by atoms with Crippen molar-refractivity contribution in [1.82, 2.24) is 4.90 Å². The van der Waals surface area contributed by atoms with Crippen LogP contribution in [0, 0.1) is 5.92 Å². The average Bonchev–Trinajstić information content (AvgIpc) is 2.64. The van der Waals surface area contributed by atoms with Gasteiger partial charge in [-0.1, -0.05) is 34.1 Å². The van der Waals surface area contributed by atoms with Crippen LogP contribution in [0.5, 0.6) is 0 Å². The summed E-state index contributed by atoms with van der Waals surface area (Å²) < 4.78 is 0. The number of carbonyl (C=O) groups is 1. The first kappa shape index (κ1) is 14.5. The van der Waals surface area contributed by atoms with E-state index in [9.17, 15) is 9.90 Å². The Kier molecular flexibility index (Phi) is 4.99. The molecule has 17 heavy (non-hydrogen) atoms. The molecule has 0 bridgehead atoms. The minimum atomic E-state index is -0.615. The van der Waals surface area contributed by atoms with E-state index in [-0.39, 0.29) is 0 Å². The fraction of sp³-hybridized carbons (Fsp3) is 0.929. The fourth-order valence-corrected chi connectivity index (χ4v) is 3.45. The molecular formula is C14H27NO2. The summed E-state index contributed by atoms with van der Waals surface area (Å²) in [6, 6.07) is 0.403. The van der Waals surface area contributed by atoms with Gasteiger partial charge >= 0.3 is 5.97 Å². The molecule has 0 aliphatic carbocycles. The average molecular weight is 241 g/mol. The lowest BCUT2D eigenvalue weighted by atomic mass is 9.87. The summed E-state index contributed by atoms with van der Waals surface area (Å²) in [5, 5.41) is 9.65. The summed E-state index contributed by atoms with van der Waals surface area (Å²) in [6.45, 7) is 9.60. The van der Waals surface area contributed by atoms with Gasteiger partial charge in [-0.15, -0.1) is 0 Å². The van der Waals surface area contributed by atoms with Crippen LogP contribution in [0.15, 0.2) is 0 Å². The molecule has 1 rings (SSSR count). The second-order valence-electron chi connectivity index (χ2n) is 5.60. The first-order valence-corrected chi connectivity index (χ1v) is 6.99. The number of carboxylic acids is 1. The Bertz CT molecular complexity index is 265. The summed E-state index contributed by atoms with van der Waals surface area (Å²) in [6.07, 6.45) is 4.61. The van der Waals surface area contributed by atoms with Crippen LogP contribution in [-0.2, 0) is 4.79 Å². The van der Waals surface area contributed by atoms with Gasteiger partial charge in [-0.3, -0.25) is 9.69 Å². The van der Waals surface area contributed by atoms with Crippen molar-refractivity contribution < 1.29 is 9.90 Å². The van der Waals surface area contributed by atoms with Crippen molar-refractivity contribution in [2.24, 2.45) is 5.92 Å². The number of likely N-dealkylation sites (tertiary alicyclic amines) is 1. The van der Waals surface area contributed by atoms with Gasteiger partial charge in [0, 0.05) is 6.04 Å². The van der Waals surface area contributed by atoms with Crippen LogP contribution < -0.4 is 0 Å². The van der Waals surface area contributed by atoms with Crippen molar-refractivity contribution in [3.8, 4) is 0 Å². The van der Waals surface area contributed by atoms with Crippen molar-refractivity contribution in [2.75, 3.05) is 6.54 Å². The normalized spacial score (nSPS) is 27.6. The SMILES string of the molecule is CCCC1(C(=O)O)CCCN1C(CC)C(C)C. The van der Waals surface area contributed by atoms with Gasteiger partial charge < -0.3 is 5.11 Å². The van der Waals surface area contributed by atoms with Gasteiger partial charge in [-0.05, 0) is 38.1 Å². The lowest BCUT2D eigenvalue weighted by molar-refractivity contribution is -0.152. The standard InChI is InChI=1S/C14H27NO2/c1-5-8-14(13(16)17)9-7-10-15(14)12(6-2)11(3)4/h11-12H,5-10H2,1-4H3,(H,16,17). The van der Waals surface area contributed by atoms with Crippen LogP contribution in [0.4, 0.5) is 0 Å². The van der Waals surface area contributed by atoms with Gasteiger partial charge in [-0.2, -0.15) is 0 Å². The van der Waals surface area contributed by atoms with Gasteiger partial charge in [0.25, 0.3) is 0 Å². The molecule has 1 saturated heterocycles. The highest BCUT2D eigenvalue weighted by molar-refractivity contribution is 5.79. The van der Waals surface area contributed by atoms with Crippen molar-refractivity contribution in [3.63, 3.8) is 0 Å². The van der Waals surface area contributed by atoms with Crippen LogP contribution in [0.3, 0.4) is 0 Å². The first-order valence-electron chi connectivity index (χ1n) is 6.99. The van der Waals surface area contributed by atoms with Crippen LogP contribution in [0.25, 0.3) is 0 Å². The lowest BCUT2D eigenvalue weighted by Gasteiger charge is -2.41. The molecule has 3 heteroatoms. The number of aliphatic carboxylic acids is 1. The van der Waals surface area contributed by atoms with E-state index in [2.05, 4.69) is 32.6 Å². The van der Waals surface area contributed by atoms with Crippen LogP contribution in [-0.4, -0.2) is 34.1 Å². The van der Waals surface area contributed by atoms with Crippen LogP contribution in [0.1, 0.15) is 59.8 Å². The molecule has 1 heterocycles. The highest BCUT2D eigenvalue weighted by atomic mass is 16.4. The zero-order chi connectivity index (χ0) is 13.1.